The molecule has 1 unspecified atom stereocenters. The first-order valence-corrected chi connectivity index (χ1v) is 15.5. The first-order chi connectivity index (χ1) is 21.6. The van der Waals surface area contributed by atoms with Crippen molar-refractivity contribution in [2.75, 3.05) is 16.0 Å². The minimum atomic E-state index is -0.579. The average Bonchev–Trinajstić information content (AvgIpc) is 3.02. The minimum Gasteiger partial charge on any atom is -0.326 e. The maximum Gasteiger partial charge on any atom is 0.272 e. The van der Waals surface area contributed by atoms with Gasteiger partial charge >= 0.3 is 0 Å². The highest BCUT2D eigenvalue weighted by atomic mass is 35.5. The van der Waals surface area contributed by atoms with Crippen LogP contribution in [0.2, 0.25) is 10.0 Å². The van der Waals surface area contributed by atoms with E-state index in [2.05, 4.69) is 21.3 Å². The van der Waals surface area contributed by atoms with Crippen LogP contribution in [0.4, 0.5) is 17.1 Å². The zero-order chi connectivity index (χ0) is 32.3. The number of hydrogen-bond acceptors (Lipinski definition) is 5. The molecule has 8 nitrogen and oxygen atoms in total. The lowest BCUT2D eigenvalue weighted by atomic mass is 10.1. The second-order valence-corrected chi connectivity index (χ2v) is 11.8. The molecule has 4 aromatic carbocycles. The van der Waals surface area contributed by atoms with Crippen LogP contribution in [-0.2, 0) is 14.4 Å². The van der Waals surface area contributed by atoms with Crippen LogP contribution in [-0.4, -0.2) is 28.9 Å². The van der Waals surface area contributed by atoms with Crippen LogP contribution >= 0.6 is 35.0 Å². The highest BCUT2D eigenvalue weighted by Crippen LogP contribution is 2.30. The molecule has 0 spiro atoms. The first kappa shape index (κ1) is 33.3. The normalized spacial score (nSPS) is 11.7. The molecule has 0 bridgehead atoms. The molecule has 45 heavy (non-hydrogen) atoms. The van der Waals surface area contributed by atoms with Gasteiger partial charge in [-0.2, -0.15) is 0 Å². The van der Waals surface area contributed by atoms with Gasteiger partial charge in [-0.25, -0.2) is 0 Å². The fourth-order valence-electron chi connectivity index (χ4n) is 4.12. The number of rotatable bonds is 11. The maximum absolute atomic E-state index is 13.5. The van der Waals surface area contributed by atoms with E-state index in [9.17, 15) is 19.2 Å². The number of hydrogen-bond donors (Lipinski definition) is 4. The van der Waals surface area contributed by atoms with Gasteiger partial charge in [0.05, 0.1) is 15.3 Å². The van der Waals surface area contributed by atoms with Crippen LogP contribution < -0.4 is 21.3 Å². The third-order valence-corrected chi connectivity index (χ3v) is 8.51. The monoisotopic (exact) mass is 660 g/mol. The molecule has 0 aliphatic rings. The van der Waals surface area contributed by atoms with Crippen molar-refractivity contribution in [2.24, 2.45) is 0 Å². The number of halogens is 2. The SMILES string of the molecule is CCC(Sc1cccc(NC(=O)/C(=C\c2cccc(Cl)c2Cl)NC(=O)c2ccccc2)c1)C(=O)Nc1ccc(NC(C)=O)cc1. The van der Waals surface area contributed by atoms with Gasteiger partial charge in [0.25, 0.3) is 11.8 Å². The van der Waals surface area contributed by atoms with E-state index in [-0.39, 0.29) is 22.5 Å². The fraction of sp³-hybridized carbons (Fsp3) is 0.118. The van der Waals surface area contributed by atoms with E-state index >= 15 is 0 Å². The lowest BCUT2D eigenvalue weighted by molar-refractivity contribution is -0.116. The number of nitrogens with one attached hydrogen (secondary N) is 4. The Morgan fingerprint density at radius 2 is 1.44 bits per heavy atom. The predicted molar refractivity (Wildman–Crippen MR) is 183 cm³/mol. The summed E-state index contributed by atoms with van der Waals surface area (Å²) in [6.07, 6.45) is 2.01. The Balaban J connectivity index is 1.49. The number of carbonyl (C=O) groups excluding carboxylic acids is 4. The lowest BCUT2D eigenvalue weighted by Gasteiger charge is -2.16. The van der Waals surface area contributed by atoms with Gasteiger partial charge in [-0.05, 0) is 78.7 Å². The Labute approximate surface area is 275 Å². The van der Waals surface area contributed by atoms with Gasteiger partial charge in [-0.1, -0.05) is 66.5 Å². The molecule has 0 aromatic heterocycles. The van der Waals surface area contributed by atoms with Crippen LogP contribution in [0.3, 0.4) is 0 Å². The Bertz CT molecular complexity index is 1730. The van der Waals surface area contributed by atoms with Crippen molar-refractivity contribution < 1.29 is 19.2 Å². The molecular weight excluding hydrogens is 631 g/mol. The van der Waals surface area contributed by atoms with Crippen LogP contribution in [0.15, 0.2) is 108 Å². The number of carbonyl (C=O) groups is 4. The van der Waals surface area contributed by atoms with Gasteiger partial charge in [0, 0.05) is 34.4 Å². The van der Waals surface area contributed by atoms with Crippen molar-refractivity contribution in [3.8, 4) is 0 Å². The lowest BCUT2D eigenvalue weighted by Crippen LogP contribution is -2.30. The van der Waals surface area contributed by atoms with Crippen LogP contribution in [0, 0.1) is 0 Å². The minimum absolute atomic E-state index is 0.0404. The summed E-state index contributed by atoms with van der Waals surface area (Å²) >= 11 is 13.9. The first-order valence-electron chi connectivity index (χ1n) is 13.9. The topological polar surface area (TPSA) is 116 Å². The van der Waals surface area contributed by atoms with E-state index < -0.39 is 17.1 Å². The van der Waals surface area contributed by atoms with Gasteiger partial charge in [-0.3, -0.25) is 19.2 Å². The van der Waals surface area contributed by atoms with Gasteiger partial charge in [0.2, 0.25) is 11.8 Å². The van der Waals surface area contributed by atoms with E-state index in [1.54, 1.807) is 91.0 Å². The summed E-state index contributed by atoms with van der Waals surface area (Å²) in [7, 11) is 0. The molecule has 4 N–H and O–H groups in total. The number of anilines is 3. The largest absolute Gasteiger partial charge is 0.326 e. The molecule has 0 saturated heterocycles. The number of benzene rings is 4. The summed E-state index contributed by atoms with van der Waals surface area (Å²) in [6, 6.07) is 27.4. The molecule has 0 heterocycles. The smallest absolute Gasteiger partial charge is 0.272 e. The standard InChI is InChI=1S/C34H30Cl2N4O4S/c1-3-30(34(44)38-25-17-15-24(16-18-25)37-21(2)41)45-27-13-8-12-26(20-27)39-33(43)29(19-23-11-7-14-28(35)31(23)36)40-32(42)22-9-5-4-6-10-22/h4-20,30H,3H2,1-2H3,(H,37,41)(H,38,44)(H,39,43)(H,40,42)/b29-19+. The predicted octanol–water partition coefficient (Wildman–Crippen LogP) is 7.87. The second-order valence-electron chi connectivity index (χ2n) is 9.77. The van der Waals surface area contributed by atoms with Crippen molar-refractivity contribution in [2.45, 2.75) is 30.4 Å². The Kier molecular flexibility index (Phi) is 11.8. The van der Waals surface area contributed by atoms with Crippen LogP contribution in [0.5, 0.6) is 0 Å². The van der Waals surface area contributed by atoms with Crippen molar-refractivity contribution in [3.63, 3.8) is 0 Å². The number of thioether (sulfide) groups is 1. The third-order valence-electron chi connectivity index (χ3n) is 6.32. The molecule has 0 radical (unpaired) electrons. The van der Waals surface area contributed by atoms with E-state index in [1.807, 2.05) is 13.0 Å². The van der Waals surface area contributed by atoms with Crippen molar-refractivity contribution in [3.05, 3.63) is 124 Å². The summed E-state index contributed by atoms with van der Waals surface area (Å²) < 4.78 is 0. The van der Waals surface area contributed by atoms with Gasteiger partial charge < -0.3 is 21.3 Å². The van der Waals surface area contributed by atoms with Crippen LogP contribution in [0.25, 0.3) is 6.08 Å². The van der Waals surface area contributed by atoms with Crippen LogP contribution in [0.1, 0.15) is 36.2 Å². The van der Waals surface area contributed by atoms with Crippen molar-refractivity contribution >= 4 is 81.7 Å². The highest BCUT2D eigenvalue weighted by molar-refractivity contribution is 8.00. The zero-order valence-electron chi connectivity index (χ0n) is 24.4. The Morgan fingerprint density at radius 1 is 0.778 bits per heavy atom. The molecule has 11 heteroatoms. The second kappa shape index (κ2) is 15.9. The summed E-state index contributed by atoms with van der Waals surface area (Å²) in [4.78, 5) is 51.5. The van der Waals surface area contributed by atoms with E-state index in [1.165, 1.54) is 24.8 Å². The number of amides is 4. The van der Waals surface area contributed by atoms with E-state index in [4.69, 9.17) is 23.2 Å². The molecule has 4 rings (SSSR count). The van der Waals surface area contributed by atoms with Gasteiger partial charge in [0.1, 0.15) is 5.70 Å². The summed E-state index contributed by atoms with van der Waals surface area (Å²) in [5, 5.41) is 11.2. The van der Waals surface area contributed by atoms with Crippen molar-refractivity contribution in [1.29, 1.82) is 0 Å². The zero-order valence-corrected chi connectivity index (χ0v) is 26.7. The molecule has 230 valence electrons. The van der Waals surface area contributed by atoms with E-state index in [0.717, 1.165) is 4.90 Å². The molecular formula is C34H30Cl2N4O4S. The van der Waals surface area contributed by atoms with E-state index in [0.29, 0.717) is 39.6 Å². The highest BCUT2D eigenvalue weighted by Gasteiger charge is 2.20. The van der Waals surface area contributed by atoms with Gasteiger partial charge in [-0.15, -0.1) is 11.8 Å². The molecule has 0 fully saturated rings. The molecule has 1 atom stereocenters. The molecule has 0 aliphatic carbocycles. The summed E-state index contributed by atoms with van der Waals surface area (Å²) in [6.45, 7) is 3.34. The molecule has 4 aromatic rings. The molecule has 0 aliphatic heterocycles. The Morgan fingerprint density at radius 3 is 2.11 bits per heavy atom. The maximum atomic E-state index is 13.5. The molecule has 0 saturated carbocycles. The fourth-order valence-corrected chi connectivity index (χ4v) is 5.50. The van der Waals surface area contributed by atoms with Crippen molar-refractivity contribution in [1.82, 2.24) is 5.32 Å². The summed E-state index contributed by atoms with van der Waals surface area (Å²) in [5.74, 6) is -1.41. The Hall–Kier alpha value is -4.57. The summed E-state index contributed by atoms with van der Waals surface area (Å²) in [5.41, 5.74) is 2.49. The van der Waals surface area contributed by atoms with Gasteiger partial charge in [0.15, 0.2) is 0 Å². The average molecular weight is 662 g/mol. The molecule has 4 amide bonds. The quantitative estimate of drug-likeness (QED) is 0.0965. The third kappa shape index (κ3) is 9.71.